The van der Waals surface area contributed by atoms with E-state index in [4.69, 9.17) is 11.6 Å². The van der Waals surface area contributed by atoms with Gasteiger partial charge in [-0.1, -0.05) is 43.0 Å². The van der Waals surface area contributed by atoms with Crippen molar-refractivity contribution >= 4 is 23.5 Å². The van der Waals surface area contributed by atoms with Crippen LogP contribution in [0.3, 0.4) is 0 Å². The Morgan fingerprint density at radius 2 is 1.58 bits per heavy atom. The summed E-state index contributed by atoms with van der Waals surface area (Å²) < 4.78 is 0. The summed E-state index contributed by atoms with van der Waals surface area (Å²) in [5.74, 6) is -3.04. The number of alkyl halides is 1. The monoisotopic (exact) mass is 332 g/mol. The summed E-state index contributed by atoms with van der Waals surface area (Å²) in [7, 11) is 0. The first-order chi connectivity index (χ1) is 8.43. The first-order valence-electron chi connectivity index (χ1n) is 5.39. The number of carbonyl (C=O) groups is 2. The Kier molecular flexibility index (Phi) is 11.6. The molecule has 19 heavy (non-hydrogen) atoms. The SMILES string of the molecule is C[CH-]C(Cl)CC.O=C([O-])c1ccccc1C(=O)[O-].[Cu+2]. The fourth-order valence-corrected chi connectivity index (χ4v) is 1.07. The van der Waals surface area contributed by atoms with Crippen molar-refractivity contribution in [1.29, 1.82) is 0 Å². The van der Waals surface area contributed by atoms with Crippen molar-refractivity contribution in [2.45, 2.75) is 25.6 Å². The molecule has 109 valence electrons. The third kappa shape index (κ3) is 7.88. The van der Waals surface area contributed by atoms with Gasteiger partial charge >= 0.3 is 17.1 Å². The van der Waals surface area contributed by atoms with E-state index in [1.807, 2.05) is 13.3 Å². The summed E-state index contributed by atoms with van der Waals surface area (Å²) in [4.78, 5) is 20.6. The summed E-state index contributed by atoms with van der Waals surface area (Å²) in [5.41, 5.74) is -0.727. The van der Waals surface area contributed by atoms with Gasteiger partial charge in [0.15, 0.2) is 0 Å². The van der Waals surface area contributed by atoms with E-state index >= 15 is 0 Å². The minimum atomic E-state index is -1.52. The van der Waals surface area contributed by atoms with Gasteiger partial charge in [-0.3, -0.25) is 0 Å². The molecule has 0 saturated heterocycles. The maximum absolute atomic E-state index is 10.3. The number of halogens is 1. The third-order valence-electron chi connectivity index (χ3n) is 2.12. The Hall–Kier alpha value is -1.03. The van der Waals surface area contributed by atoms with E-state index in [1.165, 1.54) is 12.1 Å². The second-order valence-corrected chi connectivity index (χ2v) is 3.94. The average Bonchev–Trinajstić information content (AvgIpc) is 2.38. The first kappa shape index (κ1) is 20.3. The molecule has 0 saturated carbocycles. The molecule has 1 radical (unpaired) electrons. The molecule has 0 aliphatic heterocycles. The second-order valence-electron chi connectivity index (χ2n) is 3.38. The summed E-state index contributed by atoms with van der Waals surface area (Å²) >= 11 is 5.59. The number of carbonyl (C=O) groups excluding carboxylic acids is 2. The van der Waals surface area contributed by atoms with Gasteiger partial charge in [-0.2, -0.15) is 18.5 Å². The summed E-state index contributed by atoms with van der Waals surface area (Å²) in [6, 6.07) is 5.14. The zero-order chi connectivity index (χ0) is 14.1. The fourth-order valence-electron chi connectivity index (χ4n) is 1.07. The van der Waals surface area contributed by atoms with Gasteiger partial charge in [-0.05, 0) is 0 Å². The standard InChI is InChI=1S/C8H6O4.C5H10Cl.Cu/c9-7(10)5-3-1-2-4-6(5)8(11)12;1-3-5(6)4-2;/h1-4H,(H,9,10)(H,11,12);3,5H,4H2,1-2H3;/q;-1;+2/p-2. The van der Waals surface area contributed by atoms with Crippen LogP contribution in [0.1, 0.15) is 41.0 Å². The number of rotatable bonds is 4. The molecular formula is C13H14ClCuO4-. The molecule has 0 fully saturated rings. The number of aromatic carboxylic acids is 2. The van der Waals surface area contributed by atoms with Crippen LogP contribution in [-0.4, -0.2) is 17.3 Å². The predicted molar refractivity (Wildman–Crippen MR) is 65.0 cm³/mol. The van der Waals surface area contributed by atoms with Crippen molar-refractivity contribution in [3.05, 3.63) is 41.8 Å². The van der Waals surface area contributed by atoms with Crippen LogP contribution in [0.15, 0.2) is 24.3 Å². The number of benzene rings is 1. The van der Waals surface area contributed by atoms with Crippen LogP contribution >= 0.6 is 11.6 Å². The van der Waals surface area contributed by atoms with E-state index in [1.54, 1.807) is 0 Å². The minimum absolute atomic E-state index is 0. The van der Waals surface area contributed by atoms with Gasteiger partial charge in [0.25, 0.3) is 0 Å². The van der Waals surface area contributed by atoms with Gasteiger partial charge in [0.1, 0.15) is 0 Å². The molecule has 1 aromatic carbocycles. The van der Waals surface area contributed by atoms with Gasteiger partial charge in [0, 0.05) is 11.1 Å². The molecule has 0 aliphatic rings. The normalized spacial score (nSPS) is 10.5. The number of carboxylic acids is 2. The van der Waals surface area contributed by atoms with Crippen molar-refractivity contribution in [1.82, 2.24) is 0 Å². The molecule has 0 spiro atoms. The van der Waals surface area contributed by atoms with Crippen LogP contribution in [-0.2, 0) is 17.1 Å². The quantitative estimate of drug-likeness (QED) is 0.460. The van der Waals surface area contributed by atoms with E-state index in [0.29, 0.717) is 0 Å². The van der Waals surface area contributed by atoms with Crippen LogP contribution < -0.4 is 10.2 Å². The van der Waals surface area contributed by atoms with Gasteiger partial charge < -0.3 is 26.2 Å². The average molecular weight is 333 g/mol. The smallest absolute Gasteiger partial charge is 0.545 e. The molecule has 6 heteroatoms. The van der Waals surface area contributed by atoms with E-state index < -0.39 is 11.9 Å². The van der Waals surface area contributed by atoms with E-state index in [-0.39, 0.29) is 33.6 Å². The largest absolute Gasteiger partial charge is 2.00 e. The zero-order valence-corrected chi connectivity index (χ0v) is 12.2. The molecule has 0 bridgehead atoms. The van der Waals surface area contributed by atoms with Crippen molar-refractivity contribution in [2.75, 3.05) is 0 Å². The zero-order valence-electron chi connectivity index (χ0n) is 10.5. The Labute approximate surface area is 128 Å². The topological polar surface area (TPSA) is 80.3 Å². The molecular weight excluding hydrogens is 319 g/mol. The number of carboxylic acid groups (broad SMARTS) is 2. The van der Waals surface area contributed by atoms with Crippen molar-refractivity contribution in [3.8, 4) is 0 Å². The maximum atomic E-state index is 10.3. The van der Waals surface area contributed by atoms with E-state index in [9.17, 15) is 19.8 Å². The van der Waals surface area contributed by atoms with E-state index in [2.05, 4.69) is 6.92 Å². The molecule has 0 amide bonds. The maximum Gasteiger partial charge on any atom is 2.00 e. The van der Waals surface area contributed by atoms with Crippen LogP contribution in [0.4, 0.5) is 0 Å². The second kappa shape index (κ2) is 10.9. The van der Waals surface area contributed by atoms with Crippen LogP contribution in [0.2, 0.25) is 0 Å². The van der Waals surface area contributed by atoms with Gasteiger partial charge in [-0.15, -0.1) is 0 Å². The summed E-state index contributed by atoms with van der Waals surface area (Å²) in [5, 5.41) is 20.9. The Bertz CT molecular complexity index is 372. The minimum Gasteiger partial charge on any atom is -0.545 e. The predicted octanol–water partition coefficient (Wildman–Crippen LogP) is 0.639. The van der Waals surface area contributed by atoms with Crippen molar-refractivity contribution in [2.24, 2.45) is 0 Å². The molecule has 1 unspecified atom stereocenters. The Morgan fingerprint density at radius 3 is 1.74 bits per heavy atom. The summed E-state index contributed by atoms with van der Waals surface area (Å²) in [6.45, 7) is 4.04. The molecule has 0 aromatic heterocycles. The van der Waals surface area contributed by atoms with Gasteiger partial charge in [-0.25, -0.2) is 0 Å². The molecule has 0 N–H and O–H groups in total. The molecule has 1 rings (SSSR count). The molecule has 1 atom stereocenters. The fraction of sp³-hybridized carbons (Fsp3) is 0.308. The van der Waals surface area contributed by atoms with Crippen molar-refractivity contribution < 1.29 is 36.9 Å². The van der Waals surface area contributed by atoms with Gasteiger partial charge in [0.05, 0.1) is 11.9 Å². The van der Waals surface area contributed by atoms with Crippen molar-refractivity contribution in [3.63, 3.8) is 0 Å². The van der Waals surface area contributed by atoms with Crippen LogP contribution in [0.5, 0.6) is 0 Å². The van der Waals surface area contributed by atoms with Crippen LogP contribution in [0, 0.1) is 6.42 Å². The number of hydrogen-bond donors (Lipinski definition) is 0. The molecule has 0 heterocycles. The molecule has 4 nitrogen and oxygen atoms in total. The summed E-state index contributed by atoms with van der Waals surface area (Å²) in [6.07, 6.45) is 3.03. The first-order valence-corrected chi connectivity index (χ1v) is 5.82. The molecule has 1 aromatic rings. The Morgan fingerprint density at radius 1 is 1.21 bits per heavy atom. The van der Waals surface area contributed by atoms with Gasteiger partial charge in [0.2, 0.25) is 0 Å². The Balaban J connectivity index is 0. The number of hydrogen-bond acceptors (Lipinski definition) is 4. The molecule has 0 aliphatic carbocycles. The third-order valence-corrected chi connectivity index (χ3v) is 2.68. The van der Waals surface area contributed by atoms with E-state index in [0.717, 1.165) is 18.6 Å². The van der Waals surface area contributed by atoms with Crippen LogP contribution in [0.25, 0.3) is 0 Å².